The first-order valence-corrected chi connectivity index (χ1v) is 5.69. The maximum absolute atomic E-state index is 12.7. The van der Waals surface area contributed by atoms with Crippen LogP contribution in [-0.4, -0.2) is 11.3 Å². The van der Waals surface area contributed by atoms with Crippen LogP contribution < -0.4 is 0 Å². The van der Waals surface area contributed by atoms with Gasteiger partial charge in [-0.1, -0.05) is 31.5 Å². The van der Waals surface area contributed by atoms with Crippen LogP contribution in [0.3, 0.4) is 0 Å². The van der Waals surface area contributed by atoms with Crippen LogP contribution in [0.4, 0.5) is 4.39 Å². The zero-order valence-electron chi connectivity index (χ0n) is 10.1. The molecule has 1 unspecified atom stereocenters. The third-order valence-corrected chi connectivity index (χ3v) is 2.49. The summed E-state index contributed by atoms with van der Waals surface area (Å²) in [6.07, 6.45) is 2.23. The minimum absolute atomic E-state index is 0.0237. The number of rotatable bonds is 4. The van der Waals surface area contributed by atoms with Crippen molar-refractivity contribution in [1.82, 2.24) is 0 Å². The third kappa shape index (κ3) is 3.37. The molecule has 0 spiro atoms. The molecular formula is C14H19FO. The molecule has 1 N–H and O–H groups in total. The standard InChI is InChI=1S/C14H19FO/c1-4-5-12-6-7-13(10(2)8-12)14(16)9-11(3)15/h6-9,11,16H,4-5H2,1-3H3/b14-9+. The topological polar surface area (TPSA) is 20.2 Å². The van der Waals surface area contributed by atoms with Gasteiger partial charge in [-0.25, -0.2) is 4.39 Å². The molecule has 1 atom stereocenters. The van der Waals surface area contributed by atoms with Gasteiger partial charge in [0.15, 0.2) is 0 Å². The first-order chi connectivity index (χ1) is 7.54. The van der Waals surface area contributed by atoms with Gasteiger partial charge < -0.3 is 5.11 Å². The molecule has 2 heteroatoms. The van der Waals surface area contributed by atoms with Crippen LogP contribution in [-0.2, 0) is 6.42 Å². The van der Waals surface area contributed by atoms with Crippen molar-refractivity contribution in [2.75, 3.05) is 0 Å². The van der Waals surface area contributed by atoms with E-state index in [1.54, 1.807) is 0 Å². The Balaban J connectivity index is 2.99. The van der Waals surface area contributed by atoms with Gasteiger partial charge in [0.25, 0.3) is 0 Å². The second-order valence-corrected chi connectivity index (χ2v) is 4.13. The van der Waals surface area contributed by atoms with Gasteiger partial charge in [0.2, 0.25) is 0 Å². The maximum Gasteiger partial charge on any atom is 0.121 e. The molecule has 0 heterocycles. The smallest absolute Gasteiger partial charge is 0.121 e. The summed E-state index contributed by atoms with van der Waals surface area (Å²) in [5, 5.41) is 9.71. The lowest BCUT2D eigenvalue weighted by atomic mass is 10.0. The molecule has 0 aliphatic rings. The van der Waals surface area contributed by atoms with E-state index in [4.69, 9.17) is 0 Å². The van der Waals surface area contributed by atoms with Gasteiger partial charge in [0.05, 0.1) is 0 Å². The number of aliphatic hydroxyl groups excluding tert-OH is 1. The molecule has 1 aromatic carbocycles. The van der Waals surface area contributed by atoms with Gasteiger partial charge in [0.1, 0.15) is 11.9 Å². The number of hydrogen-bond acceptors (Lipinski definition) is 1. The third-order valence-electron chi connectivity index (χ3n) is 2.49. The molecule has 1 aromatic rings. The monoisotopic (exact) mass is 222 g/mol. The average molecular weight is 222 g/mol. The van der Waals surface area contributed by atoms with E-state index in [1.807, 2.05) is 25.1 Å². The molecule has 0 aromatic heterocycles. The Morgan fingerprint density at radius 3 is 2.69 bits per heavy atom. The highest BCUT2D eigenvalue weighted by Crippen LogP contribution is 2.19. The molecule has 0 aliphatic carbocycles. The Morgan fingerprint density at radius 2 is 2.19 bits per heavy atom. The lowest BCUT2D eigenvalue weighted by molar-refractivity contribution is 0.419. The summed E-state index contributed by atoms with van der Waals surface area (Å²) in [6.45, 7) is 5.46. The second kappa shape index (κ2) is 5.69. The predicted molar refractivity (Wildman–Crippen MR) is 66.3 cm³/mol. The minimum Gasteiger partial charge on any atom is -0.508 e. The second-order valence-electron chi connectivity index (χ2n) is 4.13. The molecule has 0 aliphatic heterocycles. The molecule has 16 heavy (non-hydrogen) atoms. The van der Waals surface area contributed by atoms with Crippen molar-refractivity contribution < 1.29 is 9.50 Å². The zero-order chi connectivity index (χ0) is 12.1. The Kier molecular flexibility index (Phi) is 4.53. The van der Waals surface area contributed by atoms with Gasteiger partial charge in [-0.3, -0.25) is 0 Å². The fourth-order valence-corrected chi connectivity index (χ4v) is 1.76. The van der Waals surface area contributed by atoms with Gasteiger partial charge in [-0.15, -0.1) is 0 Å². The quantitative estimate of drug-likeness (QED) is 0.757. The molecule has 0 fully saturated rings. The summed E-state index contributed by atoms with van der Waals surface area (Å²) in [6, 6.07) is 5.89. The van der Waals surface area contributed by atoms with E-state index in [2.05, 4.69) is 6.92 Å². The predicted octanol–water partition coefficient (Wildman–Crippen LogP) is 4.20. The van der Waals surface area contributed by atoms with Crippen LogP contribution in [0.15, 0.2) is 24.3 Å². The largest absolute Gasteiger partial charge is 0.508 e. The highest BCUT2D eigenvalue weighted by Gasteiger charge is 2.05. The van der Waals surface area contributed by atoms with Crippen molar-refractivity contribution in [2.24, 2.45) is 0 Å². The van der Waals surface area contributed by atoms with Crippen LogP contribution in [0, 0.1) is 6.92 Å². The van der Waals surface area contributed by atoms with Crippen molar-refractivity contribution >= 4 is 5.76 Å². The summed E-state index contributed by atoms with van der Waals surface area (Å²) in [7, 11) is 0. The van der Waals surface area contributed by atoms with Crippen molar-refractivity contribution in [1.29, 1.82) is 0 Å². The number of benzene rings is 1. The fourth-order valence-electron chi connectivity index (χ4n) is 1.76. The van der Waals surface area contributed by atoms with E-state index in [-0.39, 0.29) is 5.76 Å². The summed E-state index contributed by atoms with van der Waals surface area (Å²) in [4.78, 5) is 0. The number of aliphatic hydroxyl groups is 1. The fraction of sp³-hybridized carbons (Fsp3) is 0.429. The number of hydrogen-bond donors (Lipinski definition) is 1. The summed E-state index contributed by atoms with van der Waals surface area (Å²) >= 11 is 0. The summed E-state index contributed by atoms with van der Waals surface area (Å²) in [5.41, 5.74) is 2.95. The molecule has 1 nitrogen and oxygen atoms in total. The number of allylic oxidation sites excluding steroid dienone is 1. The zero-order valence-corrected chi connectivity index (χ0v) is 10.1. The van der Waals surface area contributed by atoms with Gasteiger partial charge in [0, 0.05) is 5.56 Å². The van der Waals surface area contributed by atoms with Crippen LogP contribution >= 0.6 is 0 Å². The Bertz CT molecular complexity index is 380. The van der Waals surface area contributed by atoms with Crippen molar-refractivity contribution in [3.8, 4) is 0 Å². The van der Waals surface area contributed by atoms with Gasteiger partial charge in [-0.05, 0) is 37.5 Å². The molecule has 0 saturated heterocycles. The molecule has 0 saturated carbocycles. The van der Waals surface area contributed by atoms with Crippen LogP contribution in [0.2, 0.25) is 0 Å². The minimum atomic E-state index is -1.13. The highest BCUT2D eigenvalue weighted by atomic mass is 19.1. The molecule has 0 amide bonds. The van der Waals surface area contributed by atoms with Crippen molar-refractivity contribution in [3.05, 3.63) is 41.0 Å². The van der Waals surface area contributed by atoms with E-state index >= 15 is 0 Å². The lowest BCUT2D eigenvalue weighted by Gasteiger charge is -2.08. The maximum atomic E-state index is 12.7. The van der Waals surface area contributed by atoms with E-state index in [0.29, 0.717) is 5.56 Å². The Hall–Kier alpha value is -1.31. The lowest BCUT2D eigenvalue weighted by Crippen LogP contribution is -1.94. The normalized spacial score (nSPS) is 13.9. The molecule has 0 radical (unpaired) electrons. The Labute approximate surface area is 96.6 Å². The first kappa shape index (κ1) is 12.8. The summed E-state index contributed by atoms with van der Waals surface area (Å²) in [5.74, 6) is 0.0237. The Morgan fingerprint density at radius 1 is 1.50 bits per heavy atom. The van der Waals surface area contributed by atoms with E-state index in [0.717, 1.165) is 18.4 Å². The summed E-state index contributed by atoms with van der Waals surface area (Å²) < 4.78 is 12.7. The molecule has 0 bridgehead atoms. The molecule has 1 rings (SSSR count). The van der Waals surface area contributed by atoms with Crippen molar-refractivity contribution in [3.63, 3.8) is 0 Å². The molecular weight excluding hydrogens is 203 g/mol. The van der Waals surface area contributed by atoms with Crippen LogP contribution in [0.25, 0.3) is 5.76 Å². The van der Waals surface area contributed by atoms with Crippen LogP contribution in [0.1, 0.15) is 37.0 Å². The highest BCUT2D eigenvalue weighted by molar-refractivity contribution is 5.62. The van der Waals surface area contributed by atoms with E-state index in [1.165, 1.54) is 18.6 Å². The average Bonchev–Trinajstić information content (AvgIpc) is 2.16. The van der Waals surface area contributed by atoms with Gasteiger partial charge in [-0.2, -0.15) is 0 Å². The van der Waals surface area contributed by atoms with Crippen molar-refractivity contribution in [2.45, 2.75) is 39.8 Å². The van der Waals surface area contributed by atoms with Gasteiger partial charge >= 0.3 is 0 Å². The SMILES string of the molecule is CCCc1ccc(/C(O)=C\C(C)F)c(C)c1. The van der Waals surface area contributed by atoms with Crippen LogP contribution in [0.5, 0.6) is 0 Å². The number of halogens is 1. The van der Waals surface area contributed by atoms with E-state index < -0.39 is 6.17 Å². The molecule has 88 valence electrons. The first-order valence-electron chi connectivity index (χ1n) is 5.69. The number of aryl methyl sites for hydroxylation is 2. The number of alkyl halides is 1. The van der Waals surface area contributed by atoms with E-state index in [9.17, 15) is 9.50 Å².